The largest absolute Gasteiger partial charge is 0.380 e. The standard InChI is InChI=1S/C8H17NO/c1-3-5-6-8(9)7-10-4-2/h3,8H,1,4-7,9H2,2H3. The lowest BCUT2D eigenvalue weighted by atomic mass is 10.2. The summed E-state index contributed by atoms with van der Waals surface area (Å²) in [6, 6.07) is 0.179. The summed E-state index contributed by atoms with van der Waals surface area (Å²) in [5.41, 5.74) is 5.67. The zero-order chi connectivity index (χ0) is 7.82. The molecule has 60 valence electrons. The summed E-state index contributed by atoms with van der Waals surface area (Å²) >= 11 is 0. The average Bonchev–Trinajstić information content (AvgIpc) is 1.97. The molecule has 0 fully saturated rings. The molecule has 0 aromatic carbocycles. The van der Waals surface area contributed by atoms with Crippen LogP contribution in [0.25, 0.3) is 0 Å². The Labute approximate surface area is 63.1 Å². The monoisotopic (exact) mass is 143 g/mol. The lowest BCUT2D eigenvalue weighted by molar-refractivity contribution is 0.131. The second-order valence-electron chi connectivity index (χ2n) is 2.29. The third-order valence-corrected chi connectivity index (χ3v) is 1.28. The number of hydrogen-bond acceptors (Lipinski definition) is 2. The second-order valence-corrected chi connectivity index (χ2v) is 2.29. The summed E-state index contributed by atoms with van der Waals surface area (Å²) in [4.78, 5) is 0. The quantitative estimate of drug-likeness (QED) is 0.569. The molecule has 1 atom stereocenters. The summed E-state index contributed by atoms with van der Waals surface area (Å²) in [5.74, 6) is 0. The zero-order valence-corrected chi connectivity index (χ0v) is 6.68. The van der Waals surface area contributed by atoms with Crippen LogP contribution in [0, 0.1) is 0 Å². The van der Waals surface area contributed by atoms with Crippen LogP contribution in [0.2, 0.25) is 0 Å². The van der Waals surface area contributed by atoms with Crippen LogP contribution in [-0.4, -0.2) is 19.3 Å². The minimum Gasteiger partial charge on any atom is -0.380 e. The fourth-order valence-electron chi connectivity index (χ4n) is 0.684. The van der Waals surface area contributed by atoms with Crippen LogP contribution in [0.5, 0.6) is 0 Å². The molecule has 0 heterocycles. The molecule has 0 saturated carbocycles. The Balaban J connectivity index is 3.07. The number of rotatable bonds is 6. The summed E-state index contributed by atoms with van der Waals surface area (Å²) in [7, 11) is 0. The molecule has 2 heteroatoms. The molecule has 0 rings (SSSR count). The van der Waals surface area contributed by atoms with Gasteiger partial charge in [-0.05, 0) is 19.8 Å². The van der Waals surface area contributed by atoms with E-state index < -0.39 is 0 Å². The van der Waals surface area contributed by atoms with E-state index in [1.165, 1.54) is 0 Å². The lowest BCUT2D eigenvalue weighted by Gasteiger charge is -2.08. The van der Waals surface area contributed by atoms with E-state index >= 15 is 0 Å². The highest BCUT2D eigenvalue weighted by Gasteiger charge is 1.98. The molecule has 0 radical (unpaired) electrons. The molecule has 2 nitrogen and oxygen atoms in total. The van der Waals surface area contributed by atoms with Crippen LogP contribution in [0.15, 0.2) is 12.7 Å². The van der Waals surface area contributed by atoms with E-state index in [9.17, 15) is 0 Å². The molecule has 0 saturated heterocycles. The van der Waals surface area contributed by atoms with E-state index in [4.69, 9.17) is 10.5 Å². The SMILES string of the molecule is C=CCCC(N)COCC. The molecule has 10 heavy (non-hydrogen) atoms. The van der Waals surface area contributed by atoms with Gasteiger partial charge < -0.3 is 10.5 Å². The molecule has 1 unspecified atom stereocenters. The van der Waals surface area contributed by atoms with Gasteiger partial charge in [0.25, 0.3) is 0 Å². The highest BCUT2D eigenvalue weighted by atomic mass is 16.5. The number of hydrogen-bond donors (Lipinski definition) is 1. The van der Waals surface area contributed by atoms with Gasteiger partial charge in [0.1, 0.15) is 0 Å². The average molecular weight is 143 g/mol. The van der Waals surface area contributed by atoms with Gasteiger partial charge in [-0.25, -0.2) is 0 Å². The van der Waals surface area contributed by atoms with Crippen molar-refractivity contribution in [2.24, 2.45) is 5.73 Å². The van der Waals surface area contributed by atoms with Gasteiger partial charge in [0.2, 0.25) is 0 Å². The van der Waals surface area contributed by atoms with Crippen molar-refractivity contribution >= 4 is 0 Å². The van der Waals surface area contributed by atoms with Gasteiger partial charge in [0, 0.05) is 12.6 Å². The van der Waals surface area contributed by atoms with Crippen molar-refractivity contribution in [3.63, 3.8) is 0 Å². The van der Waals surface area contributed by atoms with Crippen molar-refractivity contribution < 1.29 is 4.74 Å². The number of allylic oxidation sites excluding steroid dienone is 1. The molecule has 0 aliphatic carbocycles. The Hall–Kier alpha value is -0.340. The van der Waals surface area contributed by atoms with Gasteiger partial charge in [-0.1, -0.05) is 6.08 Å². The van der Waals surface area contributed by atoms with Crippen molar-refractivity contribution in [2.75, 3.05) is 13.2 Å². The van der Waals surface area contributed by atoms with E-state index in [0.717, 1.165) is 19.4 Å². The van der Waals surface area contributed by atoms with Gasteiger partial charge in [-0.3, -0.25) is 0 Å². The Morgan fingerprint density at radius 1 is 1.70 bits per heavy atom. The summed E-state index contributed by atoms with van der Waals surface area (Å²) in [6.45, 7) is 7.01. The third kappa shape index (κ3) is 5.79. The van der Waals surface area contributed by atoms with Gasteiger partial charge in [0.05, 0.1) is 6.61 Å². The summed E-state index contributed by atoms with van der Waals surface area (Å²) in [6.07, 6.45) is 3.84. The summed E-state index contributed by atoms with van der Waals surface area (Å²) in [5, 5.41) is 0. The van der Waals surface area contributed by atoms with Crippen LogP contribution < -0.4 is 5.73 Å². The molecule has 0 aliphatic rings. The minimum absolute atomic E-state index is 0.179. The van der Waals surface area contributed by atoms with E-state index in [1.807, 2.05) is 13.0 Å². The van der Waals surface area contributed by atoms with E-state index in [2.05, 4.69) is 6.58 Å². The number of ether oxygens (including phenoxy) is 1. The molecule has 0 bridgehead atoms. The van der Waals surface area contributed by atoms with Crippen LogP contribution in [0.4, 0.5) is 0 Å². The Morgan fingerprint density at radius 3 is 2.90 bits per heavy atom. The van der Waals surface area contributed by atoms with E-state index in [0.29, 0.717) is 6.61 Å². The van der Waals surface area contributed by atoms with Crippen LogP contribution in [0.3, 0.4) is 0 Å². The first-order valence-corrected chi connectivity index (χ1v) is 3.75. The maximum atomic E-state index is 5.67. The molecule has 0 aliphatic heterocycles. The first kappa shape index (κ1) is 9.66. The van der Waals surface area contributed by atoms with Crippen LogP contribution in [0.1, 0.15) is 19.8 Å². The van der Waals surface area contributed by atoms with E-state index in [1.54, 1.807) is 0 Å². The minimum atomic E-state index is 0.179. The second kappa shape index (κ2) is 6.78. The van der Waals surface area contributed by atoms with Crippen LogP contribution in [-0.2, 0) is 4.74 Å². The molecule has 0 aromatic heterocycles. The van der Waals surface area contributed by atoms with Crippen molar-refractivity contribution in [1.82, 2.24) is 0 Å². The van der Waals surface area contributed by atoms with Gasteiger partial charge >= 0.3 is 0 Å². The van der Waals surface area contributed by atoms with Crippen LogP contribution >= 0.6 is 0 Å². The number of nitrogens with two attached hydrogens (primary N) is 1. The predicted molar refractivity (Wildman–Crippen MR) is 43.9 cm³/mol. The van der Waals surface area contributed by atoms with Crippen molar-refractivity contribution in [2.45, 2.75) is 25.8 Å². The van der Waals surface area contributed by atoms with E-state index in [-0.39, 0.29) is 6.04 Å². The predicted octanol–water partition coefficient (Wildman–Crippen LogP) is 1.32. The molecular weight excluding hydrogens is 126 g/mol. The summed E-state index contributed by atoms with van der Waals surface area (Å²) < 4.78 is 5.13. The lowest BCUT2D eigenvalue weighted by Crippen LogP contribution is -2.25. The highest BCUT2D eigenvalue weighted by molar-refractivity contribution is 4.70. The first-order chi connectivity index (χ1) is 4.81. The van der Waals surface area contributed by atoms with Gasteiger partial charge in [-0.15, -0.1) is 6.58 Å². The molecular formula is C8H17NO. The topological polar surface area (TPSA) is 35.2 Å². The molecule has 0 spiro atoms. The fraction of sp³-hybridized carbons (Fsp3) is 0.750. The third-order valence-electron chi connectivity index (χ3n) is 1.28. The Morgan fingerprint density at radius 2 is 2.40 bits per heavy atom. The van der Waals surface area contributed by atoms with Gasteiger partial charge in [-0.2, -0.15) is 0 Å². The maximum Gasteiger partial charge on any atom is 0.0617 e. The van der Waals surface area contributed by atoms with Crippen molar-refractivity contribution in [3.8, 4) is 0 Å². The zero-order valence-electron chi connectivity index (χ0n) is 6.68. The Bertz CT molecular complexity index is 83.3. The highest BCUT2D eigenvalue weighted by Crippen LogP contribution is 1.94. The fourth-order valence-corrected chi connectivity index (χ4v) is 0.684. The molecule has 0 aromatic rings. The maximum absolute atomic E-state index is 5.67. The smallest absolute Gasteiger partial charge is 0.0617 e. The van der Waals surface area contributed by atoms with Crippen molar-refractivity contribution in [3.05, 3.63) is 12.7 Å². The normalized spacial score (nSPS) is 13.0. The van der Waals surface area contributed by atoms with Gasteiger partial charge in [0.15, 0.2) is 0 Å². The molecule has 2 N–H and O–H groups in total. The van der Waals surface area contributed by atoms with Crippen molar-refractivity contribution in [1.29, 1.82) is 0 Å². The first-order valence-electron chi connectivity index (χ1n) is 3.75. The Kier molecular flexibility index (Phi) is 6.55. The molecule has 0 amide bonds.